The van der Waals surface area contributed by atoms with Crippen molar-refractivity contribution in [3.05, 3.63) is 0 Å². The van der Waals surface area contributed by atoms with Crippen molar-refractivity contribution in [2.24, 2.45) is 0 Å². The van der Waals surface area contributed by atoms with Gasteiger partial charge in [0.2, 0.25) is 0 Å². The van der Waals surface area contributed by atoms with Gasteiger partial charge in [-0.3, -0.25) is 9.59 Å². The van der Waals surface area contributed by atoms with Crippen molar-refractivity contribution >= 4 is 11.8 Å². The van der Waals surface area contributed by atoms with Gasteiger partial charge in [0, 0.05) is 26.8 Å². The van der Waals surface area contributed by atoms with Gasteiger partial charge in [0.1, 0.15) is 0 Å². The summed E-state index contributed by atoms with van der Waals surface area (Å²) in [6.07, 6.45) is 2.32. The van der Waals surface area contributed by atoms with E-state index >= 15 is 0 Å². The summed E-state index contributed by atoms with van der Waals surface area (Å²) >= 11 is 0. The molecule has 94 valence electrons. The van der Waals surface area contributed by atoms with E-state index in [9.17, 15) is 9.59 Å². The van der Waals surface area contributed by atoms with Crippen LogP contribution in [0.5, 0.6) is 0 Å². The van der Waals surface area contributed by atoms with E-state index in [1.54, 1.807) is 0 Å². The van der Waals surface area contributed by atoms with E-state index in [0.717, 1.165) is 19.3 Å². The first-order valence-electron chi connectivity index (χ1n) is 5.38. The van der Waals surface area contributed by atoms with Crippen LogP contribution in [0.15, 0.2) is 0 Å². The molecule has 0 aliphatic carbocycles. The second-order valence-electron chi connectivity index (χ2n) is 3.29. The summed E-state index contributed by atoms with van der Waals surface area (Å²) < 4.78 is 4.73. The molecule has 0 aromatic heterocycles. The highest BCUT2D eigenvalue weighted by atomic mass is 16.5. The van der Waals surface area contributed by atoms with E-state index in [2.05, 4.69) is 10.6 Å². The van der Waals surface area contributed by atoms with E-state index in [4.69, 9.17) is 9.84 Å². The minimum Gasteiger partial charge on any atom is -0.396 e. The molecular formula is C10H20N2O4. The van der Waals surface area contributed by atoms with Crippen LogP contribution in [0.25, 0.3) is 0 Å². The van der Waals surface area contributed by atoms with Gasteiger partial charge in [-0.05, 0) is 19.3 Å². The number of nitrogens with one attached hydrogen (secondary N) is 2. The fourth-order valence-corrected chi connectivity index (χ4v) is 1.04. The van der Waals surface area contributed by atoms with Crippen LogP contribution in [-0.2, 0) is 14.3 Å². The molecule has 0 aromatic carbocycles. The lowest BCUT2D eigenvalue weighted by Gasteiger charge is -2.05. The van der Waals surface area contributed by atoms with Gasteiger partial charge in [-0.25, -0.2) is 0 Å². The van der Waals surface area contributed by atoms with Gasteiger partial charge in [-0.15, -0.1) is 0 Å². The molecule has 16 heavy (non-hydrogen) atoms. The molecule has 2 amide bonds. The van der Waals surface area contributed by atoms with E-state index < -0.39 is 11.8 Å². The van der Waals surface area contributed by atoms with Gasteiger partial charge < -0.3 is 20.5 Å². The number of rotatable bonds is 8. The third-order valence-corrected chi connectivity index (χ3v) is 1.92. The highest BCUT2D eigenvalue weighted by Crippen LogP contribution is 1.91. The first kappa shape index (κ1) is 14.9. The molecule has 0 aliphatic rings. The smallest absolute Gasteiger partial charge is 0.309 e. The van der Waals surface area contributed by atoms with Crippen LogP contribution >= 0.6 is 0 Å². The lowest BCUT2D eigenvalue weighted by Crippen LogP contribution is -2.41. The number of ether oxygens (including phenoxy) is 1. The lowest BCUT2D eigenvalue weighted by atomic mass is 10.2. The fraction of sp³-hybridized carbons (Fsp3) is 0.800. The molecule has 0 fully saturated rings. The van der Waals surface area contributed by atoms with Gasteiger partial charge in [0.15, 0.2) is 0 Å². The van der Waals surface area contributed by atoms with Crippen molar-refractivity contribution in [1.82, 2.24) is 10.6 Å². The minimum absolute atomic E-state index is 0.158. The molecule has 0 aromatic rings. The van der Waals surface area contributed by atoms with Gasteiger partial charge in [-0.1, -0.05) is 0 Å². The van der Waals surface area contributed by atoms with Crippen LogP contribution in [0, 0.1) is 0 Å². The number of carbonyl (C=O) groups is 2. The normalized spacial score (nSPS) is 9.88. The van der Waals surface area contributed by atoms with Crippen molar-refractivity contribution in [2.75, 3.05) is 33.4 Å². The van der Waals surface area contributed by atoms with E-state index in [0.29, 0.717) is 19.7 Å². The molecule has 0 rings (SSSR count). The standard InChI is InChI=1S/C10H20N2O4/c1-16-8-6-12-10(15)9(14)11-5-3-2-4-7-13/h13H,2-8H2,1H3,(H,11,14)(H,12,15). The van der Waals surface area contributed by atoms with Gasteiger partial charge in [-0.2, -0.15) is 0 Å². The van der Waals surface area contributed by atoms with Crippen molar-refractivity contribution in [3.8, 4) is 0 Å². The van der Waals surface area contributed by atoms with E-state index in [1.807, 2.05) is 0 Å². The maximum Gasteiger partial charge on any atom is 0.309 e. The predicted octanol–water partition coefficient (Wildman–Crippen LogP) is -0.972. The van der Waals surface area contributed by atoms with Gasteiger partial charge >= 0.3 is 11.8 Å². The number of carbonyl (C=O) groups excluding carboxylic acids is 2. The summed E-state index contributed by atoms with van der Waals surface area (Å²) in [4.78, 5) is 22.3. The Labute approximate surface area is 95.4 Å². The zero-order chi connectivity index (χ0) is 12.2. The first-order valence-corrected chi connectivity index (χ1v) is 5.38. The number of aliphatic hydroxyl groups excluding tert-OH is 1. The quantitative estimate of drug-likeness (QED) is 0.371. The Morgan fingerprint density at radius 3 is 2.25 bits per heavy atom. The topological polar surface area (TPSA) is 87.7 Å². The highest BCUT2D eigenvalue weighted by molar-refractivity contribution is 6.35. The van der Waals surface area contributed by atoms with Crippen LogP contribution < -0.4 is 10.6 Å². The summed E-state index contributed by atoms with van der Waals surface area (Å²) in [5, 5.41) is 13.4. The molecule has 3 N–H and O–H groups in total. The van der Waals surface area contributed by atoms with Crippen molar-refractivity contribution in [3.63, 3.8) is 0 Å². The second-order valence-corrected chi connectivity index (χ2v) is 3.29. The summed E-state index contributed by atoms with van der Waals surface area (Å²) in [6.45, 7) is 1.32. The average Bonchev–Trinajstić information content (AvgIpc) is 2.28. The van der Waals surface area contributed by atoms with Crippen molar-refractivity contribution < 1.29 is 19.4 Å². The number of aliphatic hydroxyl groups is 1. The Hall–Kier alpha value is -1.14. The summed E-state index contributed by atoms with van der Waals surface area (Å²) in [5.74, 6) is -1.26. The number of hydrogen-bond donors (Lipinski definition) is 3. The average molecular weight is 232 g/mol. The van der Waals surface area contributed by atoms with Crippen LogP contribution in [0.3, 0.4) is 0 Å². The second kappa shape index (κ2) is 10.4. The molecule has 0 saturated heterocycles. The molecule has 6 nitrogen and oxygen atoms in total. The molecular weight excluding hydrogens is 212 g/mol. The molecule has 0 atom stereocenters. The molecule has 0 aliphatic heterocycles. The van der Waals surface area contributed by atoms with Crippen molar-refractivity contribution in [2.45, 2.75) is 19.3 Å². The Morgan fingerprint density at radius 1 is 1.06 bits per heavy atom. The van der Waals surface area contributed by atoms with Crippen molar-refractivity contribution in [1.29, 1.82) is 0 Å². The van der Waals surface area contributed by atoms with Gasteiger partial charge in [0.25, 0.3) is 0 Å². The lowest BCUT2D eigenvalue weighted by molar-refractivity contribution is -0.139. The monoisotopic (exact) mass is 232 g/mol. The summed E-state index contributed by atoms with van der Waals surface area (Å²) in [5.41, 5.74) is 0. The third kappa shape index (κ3) is 8.19. The summed E-state index contributed by atoms with van der Waals surface area (Å²) in [7, 11) is 1.52. The fourth-order valence-electron chi connectivity index (χ4n) is 1.04. The number of unbranched alkanes of at least 4 members (excludes halogenated alkanes) is 2. The minimum atomic E-state index is -0.640. The number of methoxy groups -OCH3 is 1. The predicted molar refractivity (Wildman–Crippen MR) is 58.8 cm³/mol. The molecule has 0 spiro atoms. The zero-order valence-corrected chi connectivity index (χ0v) is 9.62. The molecule has 0 heterocycles. The Bertz CT molecular complexity index is 209. The van der Waals surface area contributed by atoms with E-state index in [1.165, 1.54) is 7.11 Å². The number of hydrogen-bond acceptors (Lipinski definition) is 4. The largest absolute Gasteiger partial charge is 0.396 e. The summed E-state index contributed by atoms with van der Waals surface area (Å²) in [6, 6.07) is 0. The van der Waals surface area contributed by atoms with Crippen LogP contribution in [0.4, 0.5) is 0 Å². The Balaban J connectivity index is 3.44. The van der Waals surface area contributed by atoms with Gasteiger partial charge in [0.05, 0.1) is 6.61 Å². The maximum absolute atomic E-state index is 11.2. The van der Waals surface area contributed by atoms with E-state index in [-0.39, 0.29) is 6.61 Å². The molecule has 0 bridgehead atoms. The zero-order valence-electron chi connectivity index (χ0n) is 9.62. The van der Waals surface area contributed by atoms with Crippen LogP contribution in [0.1, 0.15) is 19.3 Å². The highest BCUT2D eigenvalue weighted by Gasteiger charge is 2.10. The van der Waals surface area contributed by atoms with Crippen LogP contribution in [0.2, 0.25) is 0 Å². The molecule has 6 heteroatoms. The Kier molecular flexibility index (Phi) is 9.64. The SMILES string of the molecule is COCCNC(=O)C(=O)NCCCCCO. The Morgan fingerprint density at radius 2 is 1.69 bits per heavy atom. The molecule has 0 unspecified atom stereocenters. The molecule has 0 saturated carbocycles. The maximum atomic E-state index is 11.2. The first-order chi connectivity index (χ1) is 7.72. The molecule has 0 radical (unpaired) electrons. The van der Waals surface area contributed by atoms with Crippen LogP contribution in [-0.4, -0.2) is 50.3 Å². The third-order valence-electron chi connectivity index (χ3n) is 1.92. The number of amides is 2.